The number of rotatable bonds is 3. The lowest BCUT2D eigenvalue weighted by atomic mass is 9.50. The van der Waals surface area contributed by atoms with Gasteiger partial charge in [-0.25, -0.2) is 4.79 Å². The van der Waals surface area contributed by atoms with E-state index in [1.165, 1.54) is 12.7 Å². The van der Waals surface area contributed by atoms with E-state index >= 15 is 0 Å². The van der Waals surface area contributed by atoms with Gasteiger partial charge in [0.25, 0.3) is 0 Å². The minimum atomic E-state index is -1.14. The van der Waals surface area contributed by atoms with E-state index in [4.69, 9.17) is 14.5 Å². The van der Waals surface area contributed by atoms with E-state index in [1.54, 1.807) is 7.11 Å². The van der Waals surface area contributed by atoms with E-state index in [0.29, 0.717) is 12.5 Å². The van der Waals surface area contributed by atoms with Gasteiger partial charge in [0.1, 0.15) is 0 Å². The summed E-state index contributed by atoms with van der Waals surface area (Å²) in [4.78, 5) is 20.8. The molecule has 2 fully saturated rings. The Morgan fingerprint density at radius 3 is 2.89 bits per heavy atom. The molecule has 1 aromatic carbocycles. The molecule has 1 saturated heterocycles. The number of ether oxygens (including phenoxy) is 2. The summed E-state index contributed by atoms with van der Waals surface area (Å²) in [5.74, 6) is -0.334. The Morgan fingerprint density at radius 2 is 2.15 bits per heavy atom. The molecule has 5 heteroatoms. The van der Waals surface area contributed by atoms with Gasteiger partial charge in [-0.05, 0) is 24.5 Å². The number of carbonyl (C=O) groups excluding carboxylic acids is 1. The van der Waals surface area contributed by atoms with Gasteiger partial charge in [-0.1, -0.05) is 37.3 Å². The summed E-state index contributed by atoms with van der Waals surface area (Å²) in [6.07, 6.45) is 7.09. The van der Waals surface area contributed by atoms with Gasteiger partial charge in [0.05, 0.1) is 23.9 Å². The van der Waals surface area contributed by atoms with Gasteiger partial charge in [-0.2, -0.15) is 0 Å². The van der Waals surface area contributed by atoms with Crippen LogP contribution >= 0.6 is 0 Å². The van der Waals surface area contributed by atoms with E-state index in [0.717, 1.165) is 37.3 Å². The Balaban J connectivity index is 1.85. The maximum absolute atomic E-state index is 13.2. The van der Waals surface area contributed by atoms with E-state index in [-0.39, 0.29) is 16.8 Å². The predicted molar refractivity (Wildman–Crippen MR) is 103 cm³/mol. The SMILES string of the molecule is CC[C@]12C=CCN3CC[C@]4(C(=Nc5ccccc54)C(OC)(C(=O)OC)C1)[C@@H]32. The average molecular weight is 366 g/mol. The number of aliphatic imine (C=N–C) groups is 1. The van der Waals surface area contributed by atoms with Crippen molar-refractivity contribution in [2.45, 2.75) is 43.2 Å². The Labute approximate surface area is 160 Å². The number of carbonyl (C=O) groups is 1. The lowest BCUT2D eigenvalue weighted by Crippen LogP contribution is -2.71. The van der Waals surface area contributed by atoms with Gasteiger partial charge in [0.2, 0.25) is 5.60 Å². The van der Waals surface area contributed by atoms with Crippen LogP contribution in [0.3, 0.4) is 0 Å². The van der Waals surface area contributed by atoms with Gasteiger partial charge in [0, 0.05) is 38.1 Å². The van der Waals surface area contributed by atoms with Crippen LogP contribution in [0.1, 0.15) is 31.7 Å². The Morgan fingerprint density at radius 1 is 1.33 bits per heavy atom. The first-order valence-corrected chi connectivity index (χ1v) is 9.82. The van der Waals surface area contributed by atoms with E-state index in [2.05, 4.69) is 42.2 Å². The second kappa shape index (κ2) is 5.52. The largest absolute Gasteiger partial charge is 0.467 e. The summed E-state index contributed by atoms with van der Waals surface area (Å²) in [5.41, 5.74) is 1.50. The highest BCUT2D eigenvalue weighted by Gasteiger charge is 2.72. The minimum Gasteiger partial charge on any atom is -0.467 e. The number of hydrogen-bond donors (Lipinski definition) is 0. The van der Waals surface area contributed by atoms with Gasteiger partial charge in [-0.3, -0.25) is 9.89 Å². The topological polar surface area (TPSA) is 51.1 Å². The average Bonchev–Trinajstić information content (AvgIpc) is 3.27. The molecule has 3 aliphatic heterocycles. The van der Waals surface area contributed by atoms with Gasteiger partial charge in [0.15, 0.2) is 0 Å². The highest BCUT2D eigenvalue weighted by molar-refractivity contribution is 6.19. The van der Waals surface area contributed by atoms with E-state index < -0.39 is 5.60 Å². The number of fused-ring (bicyclic) bond motifs is 1. The smallest absolute Gasteiger partial charge is 0.344 e. The molecule has 5 nitrogen and oxygen atoms in total. The van der Waals surface area contributed by atoms with Crippen molar-refractivity contribution in [1.29, 1.82) is 0 Å². The number of methoxy groups -OCH3 is 2. The van der Waals surface area contributed by atoms with Gasteiger partial charge >= 0.3 is 5.97 Å². The first kappa shape index (κ1) is 17.1. The second-order valence-corrected chi connectivity index (χ2v) is 8.28. The van der Waals surface area contributed by atoms with Crippen LogP contribution < -0.4 is 0 Å². The molecular weight excluding hydrogens is 340 g/mol. The number of nitrogens with zero attached hydrogens (tertiary/aromatic N) is 2. The van der Waals surface area contributed by atoms with Crippen LogP contribution in [-0.2, 0) is 19.7 Å². The van der Waals surface area contributed by atoms with Gasteiger partial charge < -0.3 is 9.47 Å². The first-order chi connectivity index (χ1) is 13.1. The molecule has 1 spiro atoms. The maximum atomic E-state index is 13.2. The predicted octanol–water partition coefficient (Wildman–Crippen LogP) is 3.01. The van der Waals surface area contributed by atoms with E-state index in [9.17, 15) is 4.79 Å². The molecule has 0 bridgehead atoms. The van der Waals surface area contributed by atoms with Crippen molar-refractivity contribution < 1.29 is 14.3 Å². The molecule has 142 valence electrons. The fourth-order valence-electron chi connectivity index (χ4n) is 6.46. The lowest BCUT2D eigenvalue weighted by Gasteiger charge is -2.58. The highest BCUT2D eigenvalue weighted by Crippen LogP contribution is 2.64. The molecule has 5 rings (SSSR count). The van der Waals surface area contributed by atoms with Crippen molar-refractivity contribution in [2.24, 2.45) is 10.4 Å². The normalized spacial score (nSPS) is 38.8. The Bertz CT molecular complexity index is 878. The van der Waals surface area contributed by atoms with E-state index in [1.807, 2.05) is 6.07 Å². The molecule has 0 aromatic heterocycles. The number of hydrogen-bond acceptors (Lipinski definition) is 5. The Hall–Kier alpha value is -1.98. The zero-order chi connectivity index (χ0) is 18.9. The molecular formula is C22H26N2O3. The molecule has 1 saturated carbocycles. The van der Waals surface area contributed by atoms with Crippen LogP contribution in [0.4, 0.5) is 5.69 Å². The highest BCUT2D eigenvalue weighted by atomic mass is 16.6. The fourth-order valence-corrected chi connectivity index (χ4v) is 6.46. The van der Waals surface area contributed by atoms with Crippen LogP contribution in [0, 0.1) is 5.41 Å². The summed E-state index contributed by atoms with van der Waals surface area (Å²) >= 11 is 0. The zero-order valence-corrected chi connectivity index (χ0v) is 16.2. The van der Waals surface area contributed by atoms with Crippen molar-refractivity contribution in [2.75, 3.05) is 27.3 Å². The van der Waals surface area contributed by atoms with Gasteiger partial charge in [-0.15, -0.1) is 0 Å². The third-order valence-electron chi connectivity index (χ3n) is 7.48. The number of esters is 1. The van der Waals surface area contributed by atoms with Crippen molar-refractivity contribution >= 4 is 17.4 Å². The summed E-state index contributed by atoms with van der Waals surface area (Å²) in [7, 11) is 3.07. The van der Waals surface area contributed by atoms with Crippen LogP contribution in [0.2, 0.25) is 0 Å². The lowest BCUT2D eigenvalue weighted by molar-refractivity contribution is -0.164. The molecule has 4 aliphatic rings. The molecule has 1 unspecified atom stereocenters. The third kappa shape index (κ3) is 1.82. The van der Waals surface area contributed by atoms with Crippen LogP contribution in [-0.4, -0.2) is 55.5 Å². The molecule has 1 aliphatic carbocycles. The quantitative estimate of drug-likeness (QED) is 0.610. The van der Waals surface area contributed by atoms with Crippen LogP contribution in [0.5, 0.6) is 0 Å². The summed E-state index contributed by atoms with van der Waals surface area (Å²) < 4.78 is 11.3. The maximum Gasteiger partial charge on any atom is 0.344 e. The molecule has 0 N–H and O–H groups in total. The minimum absolute atomic E-state index is 0.143. The molecule has 0 amide bonds. The van der Waals surface area contributed by atoms with Crippen molar-refractivity contribution in [3.05, 3.63) is 42.0 Å². The standard InChI is InChI=1S/C22H26N2O3/c1-4-20-10-7-12-24-13-11-21(18(20)24)15-8-5-6-9-16(15)23-17(21)22(14-20,27-3)19(25)26-2/h5-10,18H,4,11-14H2,1-3H3/t18-,20-,21-,22?/m0/s1. The summed E-state index contributed by atoms with van der Waals surface area (Å²) in [6.45, 7) is 4.19. The number of para-hydroxylation sites is 1. The fraction of sp³-hybridized carbons (Fsp3) is 0.545. The van der Waals surface area contributed by atoms with Crippen LogP contribution in [0.25, 0.3) is 0 Å². The monoisotopic (exact) mass is 366 g/mol. The molecule has 1 aromatic rings. The first-order valence-electron chi connectivity index (χ1n) is 9.82. The second-order valence-electron chi connectivity index (χ2n) is 8.28. The van der Waals surface area contributed by atoms with Crippen molar-refractivity contribution in [3.8, 4) is 0 Å². The summed E-state index contributed by atoms with van der Waals surface area (Å²) in [5, 5.41) is 0. The van der Waals surface area contributed by atoms with Crippen molar-refractivity contribution in [1.82, 2.24) is 4.90 Å². The van der Waals surface area contributed by atoms with Crippen LogP contribution in [0.15, 0.2) is 41.4 Å². The molecule has 27 heavy (non-hydrogen) atoms. The zero-order valence-electron chi connectivity index (χ0n) is 16.2. The Kier molecular flexibility index (Phi) is 3.50. The molecule has 0 radical (unpaired) electrons. The number of benzene rings is 1. The molecule has 4 atom stereocenters. The molecule has 3 heterocycles. The summed E-state index contributed by atoms with van der Waals surface area (Å²) in [6, 6.07) is 8.65. The van der Waals surface area contributed by atoms with Crippen molar-refractivity contribution in [3.63, 3.8) is 0 Å². The third-order valence-corrected chi connectivity index (χ3v) is 7.48.